The number of carbonyl (C=O) groups is 1. The lowest BCUT2D eigenvalue weighted by molar-refractivity contribution is -0.122. The van der Waals surface area contributed by atoms with E-state index in [4.69, 9.17) is 0 Å². The number of nitrogens with one attached hydrogen (secondary N) is 2. The third-order valence-electron chi connectivity index (χ3n) is 5.14. The van der Waals surface area contributed by atoms with Gasteiger partial charge in [-0.2, -0.15) is 0 Å². The lowest BCUT2D eigenvalue weighted by Crippen LogP contribution is -2.37. The molecule has 134 valence electrons. The van der Waals surface area contributed by atoms with E-state index in [9.17, 15) is 4.79 Å². The summed E-state index contributed by atoms with van der Waals surface area (Å²) in [4.78, 5) is 13.6. The van der Waals surface area contributed by atoms with Crippen molar-refractivity contribution in [2.45, 2.75) is 48.7 Å². The van der Waals surface area contributed by atoms with Crippen molar-refractivity contribution in [3.8, 4) is 0 Å². The Hall–Kier alpha value is -0.710. The summed E-state index contributed by atoms with van der Waals surface area (Å²) in [5.74, 6) is 1.35. The first-order valence-electron chi connectivity index (χ1n) is 8.88. The molecule has 2 atom stereocenters. The standard InChI is InChI=1S/C19H28N2OS.ClH/c1-15(16-6-5-11-20-13-16)12-18(22)21-14-19(9-10-19)23-17-7-3-2-4-8-17;/h2-4,7-8,15-16,20H,5-6,9-14H2,1H3,(H,21,22);1H. The van der Waals surface area contributed by atoms with Crippen LogP contribution in [0.25, 0.3) is 0 Å². The molecule has 0 radical (unpaired) electrons. The second-order valence-corrected chi connectivity index (χ2v) is 8.70. The molecule has 0 spiro atoms. The van der Waals surface area contributed by atoms with E-state index in [-0.39, 0.29) is 23.1 Å². The second kappa shape index (κ2) is 9.12. The molecule has 1 saturated carbocycles. The molecule has 5 heteroatoms. The minimum Gasteiger partial charge on any atom is -0.355 e. The van der Waals surface area contributed by atoms with Crippen LogP contribution in [-0.4, -0.2) is 30.3 Å². The molecule has 0 aromatic heterocycles. The molecule has 2 unspecified atom stereocenters. The van der Waals surface area contributed by atoms with E-state index >= 15 is 0 Å². The van der Waals surface area contributed by atoms with Crippen LogP contribution in [0, 0.1) is 11.8 Å². The average molecular weight is 369 g/mol. The maximum atomic E-state index is 12.3. The van der Waals surface area contributed by atoms with Crippen molar-refractivity contribution in [3.63, 3.8) is 0 Å². The molecule has 2 fully saturated rings. The van der Waals surface area contributed by atoms with Gasteiger partial charge in [0.15, 0.2) is 0 Å². The molecule has 3 rings (SSSR count). The Balaban J connectivity index is 0.00000208. The molecule has 1 heterocycles. The van der Waals surface area contributed by atoms with Gasteiger partial charge in [-0.05, 0) is 62.7 Å². The van der Waals surface area contributed by atoms with Crippen LogP contribution in [0.15, 0.2) is 35.2 Å². The molecule has 1 saturated heterocycles. The van der Waals surface area contributed by atoms with Crippen LogP contribution in [0.2, 0.25) is 0 Å². The van der Waals surface area contributed by atoms with Gasteiger partial charge >= 0.3 is 0 Å². The van der Waals surface area contributed by atoms with Crippen molar-refractivity contribution in [1.29, 1.82) is 0 Å². The summed E-state index contributed by atoms with van der Waals surface area (Å²) in [5.41, 5.74) is 0. The Kier molecular flexibility index (Phi) is 7.45. The SMILES string of the molecule is CC(CC(=O)NCC1(Sc2ccccc2)CC1)C1CCCNC1.Cl. The topological polar surface area (TPSA) is 41.1 Å². The highest BCUT2D eigenvalue weighted by molar-refractivity contribution is 8.01. The second-order valence-electron chi connectivity index (χ2n) is 7.16. The minimum atomic E-state index is 0. The predicted octanol–water partition coefficient (Wildman–Crippen LogP) is 3.88. The summed E-state index contributed by atoms with van der Waals surface area (Å²) in [7, 11) is 0. The minimum absolute atomic E-state index is 0. The molecule has 1 aromatic rings. The van der Waals surface area contributed by atoms with Crippen molar-refractivity contribution >= 4 is 30.1 Å². The van der Waals surface area contributed by atoms with E-state index in [0.717, 1.165) is 19.6 Å². The Morgan fingerprint density at radius 3 is 2.75 bits per heavy atom. The zero-order chi connectivity index (χ0) is 16.1. The average Bonchev–Trinajstić information content (AvgIpc) is 3.35. The van der Waals surface area contributed by atoms with E-state index in [1.54, 1.807) is 0 Å². The van der Waals surface area contributed by atoms with Gasteiger partial charge in [0.05, 0.1) is 0 Å². The smallest absolute Gasteiger partial charge is 0.220 e. The van der Waals surface area contributed by atoms with Crippen LogP contribution in [0.3, 0.4) is 0 Å². The number of piperidine rings is 1. The number of rotatable bonds is 7. The fourth-order valence-corrected chi connectivity index (χ4v) is 4.59. The van der Waals surface area contributed by atoms with Crippen molar-refractivity contribution in [2.75, 3.05) is 19.6 Å². The van der Waals surface area contributed by atoms with Gasteiger partial charge < -0.3 is 10.6 Å². The summed E-state index contributed by atoms with van der Waals surface area (Å²) in [6.07, 6.45) is 5.57. The fourth-order valence-electron chi connectivity index (χ4n) is 3.35. The molecule has 0 bridgehead atoms. The van der Waals surface area contributed by atoms with Gasteiger partial charge in [-0.1, -0.05) is 25.1 Å². The fraction of sp³-hybridized carbons (Fsp3) is 0.632. The summed E-state index contributed by atoms with van der Waals surface area (Å²) >= 11 is 1.92. The van der Waals surface area contributed by atoms with Gasteiger partial charge in [0.2, 0.25) is 5.91 Å². The summed E-state index contributed by atoms with van der Waals surface area (Å²) in [6.45, 7) is 5.24. The van der Waals surface area contributed by atoms with Crippen molar-refractivity contribution in [1.82, 2.24) is 10.6 Å². The molecule has 2 aliphatic rings. The van der Waals surface area contributed by atoms with Crippen molar-refractivity contribution < 1.29 is 4.79 Å². The van der Waals surface area contributed by atoms with Gasteiger partial charge in [0, 0.05) is 22.6 Å². The molecular formula is C19H29ClN2OS. The highest BCUT2D eigenvalue weighted by Gasteiger charge is 2.43. The molecule has 1 aliphatic heterocycles. The van der Waals surface area contributed by atoms with Gasteiger partial charge in [-0.15, -0.1) is 24.2 Å². The number of carbonyl (C=O) groups excluding carboxylic acids is 1. The van der Waals surface area contributed by atoms with Crippen LogP contribution < -0.4 is 10.6 Å². The molecule has 1 aromatic carbocycles. The van der Waals surface area contributed by atoms with Crippen LogP contribution in [0.5, 0.6) is 0 Å². The predicted molar refractivity (Wildman–Crippen MR) is 104 cm³/mol. The number of amides is 1. The molecular weight excluding hydrogens is 340 g/mol. The quantitative estimate of drug-likeness (QED) is 0.767. The largest absolute Gasteiger partial charge is 0.355 e. The van der Waals surface area contributed by atoms with Gasteiger partial charge in [0.25, 0.3) is 0 Å². The number of hydrogen-bond donors (Lipinski definition) is 2. The maximum absolute atomic E-state index is 12.3. The van der Waals surface area contributed by atoms with Crippen LogP contribution in [0.4, 0.5) is 0 Å². The monoisotopic (exact) mass is 368 g/mol. The number of benzene rings is 1. The third kappa shape index (κ3) is 5.68. The highest BCUT2D eigenvalue weighted by atomic mass is 35.5. The normalized spacial score (nSPS) is 23.0. The van der Waals surface area contributed by atoms with Crippen molar-refractivity contribution in [2.24, 2.45) is 11.8 Å². The molecule has 3 nitrogen and oxygen atoms in total. The van der Waals surface area contributed by atoms with Gasteiger partial charge in [-0.3, -0.25) is 4.79 Å². The first-order chi connectivity index (χ1) is 11.2. The number of halogens is 1. The highest BCUT2D eigenvalue weighted by Crippen LogP contribution is 2.51. The number of hydrogen-bond acceptors (Lipinski definition) is 3. The zero-order valence-corrected chi connectivity index (χ0v) is 16.1. The number of thioether (sulfide) groups is 1. The van der Waals surface area contributed by atoms with Crippen molar-refractivity contribution in [3.05, 3.63) is 30.3 Å². The Morgan fingerprint density at radius 1 is 1.38 bits per heavy atom. The van der Waals surface area contributed by atoms with E-state index in [2.05, 4.69) is 41.8 Å². The van der Waals surface area contributed by atoms with E-state index in [1.165, 1.54) is 30.6 Å². The molecule has 24 heavy (non-hydrogen) atoms. The first kappa shape index (κ1) is 19.6. The summed E-state index contributed by atoms with van der Waals surface area (Å²) in [6, 6.07) is 10.5. The van der Waals surface area contributed by atoms with E-state index < -0.39 is 0 Å². The summed E-state index contributed by atoms with van der Waals surface area (Å²) in [5, 5.41) is 6.64. The van der Waals surface area contributed by atoms with E-state index in [0.29, 0.717) is 18.3 Å². The van der Waals surface area contributed by atoms with Gasteiger partial charge in [-0.25, -0.2) is 0 Å². The Bertz CT molecular complexity index is 515. The molecule has 2 N–H and O–H groups in total. The Labute approximate surface area is 156 Å². The molecule has 1 amide bonds. The lowest BCUT2D eigenvalue weighted by atomic mass is 9.85. The van der Waals surface area contributed by atoms with Gasteiger partial charge in [0.1, 0.15) is 0 Å². The lowest BCUT2D eigenvalue weighted by Gasteiger charge is -2.28. The van der Waals surface area contributed by atoms with Crippen LogP contribution in [-0.2, 0) is 4.79 Å². The summed E-state index contributed by atoms with van der Waals surface area (Å²) < 4.78 is 0.243. The first-order valence-corrected chi connectivity index (χ1v) is 9.70. The van der Waals surface area contributed by atoms with E-state index in [1.807, 2.05) is 17.8 Å². The molecule has 1 aliphatic carbocycles. The zero-order valence-electron chi connectivity index (χ0n) is 14.4. The Morgan fingerprint density at radius 2 is 2.12 bits per heavy atom. The van der Waals surface area contributed by atoms with Crippen LogP contribution in [0.1, 0.15) is 39.0 Å². The third-order valence-corrected chi connectivity index (χ3v) is 6.63. The van der Waals surface area contributed by atoms with Crippen LogP contribution >= 0.6 is 24.2 Å². The maximum Gasteiger partial charge on any atom is 0.220 e.